The molecule has 1 N–H and O–H groups in total. The van der Waals surface area contributed by atoms with Crippen LogP contribution in [0, 0.1) is 10.1 Å². The summed E-state index contributed by atoms with van der Waals surface area (Å²) < 4.78 is 5.54. The van der Waals surface area contributed by atoms with Crippen LogP contribution in [0.1, 0.15) is 16.2 Å². The molecule has 0 saturated carbocycles. The molecule has 1 heterocycles. The van der Waals surface area contributed by atoms with Crippen molar-refractivity contribution in [1.29, 1.82) is 0 Å². The minimum atomic E-state index is -0.743. The normalized spacial score (nSPS) is 10.7. The summed E-state index contributed by atoms with van der Waals surface area (Å²) in [7, 11) is 1.50. The standard InChI is InChI=1S/C16H13N3O5/c1-18(9-14-17-11-6-2-3-8-13(11)24-14)16(21)10-5-4-7-12(15(10)20)19(22)23/h2-8,20H,9H2,1H3. The van der Waals surface area contributed by atoms with E-state index in [1.165, 1.54) is 24.1 Å². The first-order valence-electron chi connectivity index (χ1n) is 7.03. The van der Waals surface area contributed by atoms with Gasteiger partial charge in [-0.3, -0.25) is 14.9 Å². The summed E-state index contributed by atoms with van der Waals surface area (Å²) in [5, 5.41) is 20.8. The lowest BCUT2D eigenvalue weighted by Crippen LogP contribution is -2.26. The average molecular weight is 327 g/mol. The highest BCUT2D eigenvalue weighted by atomic mass is 16.6. The Kier molecular flexibility index (Phi) is 3.87. The Balaban J connectivity index is 1.84. The van der Waals surface area contributed by atoms with Crippen molar-refractivity contribution < 1.29 is 19.2 Å². The number of para-hydroxylation sites is 3. The Labute approximate surface area is 136 Å². The lowest BCUT2D eigenvalue weighted by atomic mass is 10.1. The third-order valence-corrected chi connectivity index (χ3v) is 3.50. The van der Waals surface area contributed by atoms with E-state index in [0.717, 1.165) is 6.07 Å². The van der Waals surface area contributed by atoms with Gasteiger partial charge in [0, 0.05) is 13.1 Å². The van der Waals surface area contributed by atoms with Crippen LogP contribution in [0.3, 0.4) is 0 Å². The number of hydrogen-bond acceptors (Lipinski definition) is 6. The number of carbonyl (C=O) groups excluding carboxylic acids is 1. The highest BCUT2D eigenvalue weighted by Gasteiger charge is 2.24. The summed E-state index contributed by atoms with van der Waals surface area (Å²) in [6.07, 6.45) is 0. The monoisotopic (exact) mass is 327 g/mol. The Morgan fingerprint density at radius 3 is 2.75 bits per heavy atom. The summed E-state index contributed by atoms with van der Waals surface area (Å²) in [6, 6.07) is 11.0. The first-order chi connectivity index (χ1) is 11.5. The van der Waals surface area contributed by atoms with Crippen LogP contribution in [0.2, 0.25) is 0 Å². The van der Waals surface area contributed by atoms with Gasteiger partial charge in [0.15, 0.2) is 5.58 Å². The molecule has 0 aliphatic rings. The molecule has 122 valence electrons. The van der Waals surface area contributed by atoms with Crippen molar-refractivity contribution in [2.24, 2.45) is 0 Å². The quantitative estimate of drug-likeness (QED) is 0.583. The van der Waals surface area contributed by atoms with E-state index in [2.05, 4.69) is 4.98 Å². The third kappa shape index (κ3) is 2.76. The Hall–Kier alpha value is -3.42. The molecule has 1 aromatic heterocycles. The van der Waals surface area contributed by atoms with Gasteiger partial charge in [-0.15, -0.1) is 0 Å². The second-order valence-electron chi connectivity index (χ2n) is 5.17. The first-order valence-corrected chi connectivity index (χ1v) is 7.03. The predicted molar refractivity (Wildman–Crippen MR) is 84.6 cm³/mol. The number of aromatic nitrogens is 1. The molecule has 8 heteroatoms. The second kappa shape index (κ2) is 5.99. The number of nitro benzene ring substituents is 1. The first kappa shape index (κ1) is 15.5. The van der Waals surface area contributed by atoms with Crippen LogP contribution < -0.4 is 0 Å². The molecule has 24 heavy (non-hydrogen) atoms. The number of oxazole rings is 1. The fourth-order valence-electron chi connectivity index (χ4n) is 2.32. The van der Waals surface area contributed by atoms with E-state index < -0.39 is 22.3 Å². The lowest BCUT2D eigenvalue weighted by molar-refractivity contribution is -0.385. The summed E-state index contributed by atoms with van der Waals surface area (Å²) in [4.78, 5) is 28.1. The minimum Gasteiger partial charge on any atom is -0.502 e. The van der Waals surface area contributed by atoms with Crippen LogP contribution in [-0.4, -0.2) is 32.9 Å². The van der Waals surface area contributed by atoms with Gasteiger partial charge in [-0.1, -0.05) is 18.2 Å². The zero-order chi connectivity index (χ0) is 17.3. The molecular weight excluding hydrogens is 314 g/mol. The average Bonchev–Trinajstić information content (AvgIpc) is 2.96. The van der Waals surface area contributed by atoms with Gasteiger partial charge in [0.05, 0.1) is 17.0 Å². The van der Waals surface area contributed by atoms with Crippen molar-refractivity contribution in [2.75, 3.05) is 7.05 Å². The number of amides is 1. The maximum Gasteiger partial charge on any atom is 0.311 e. The molecule has 0 fully saturated rings. The van der Waals surface area contributed by atoms with E-state index in [9.17, 15) is 20.0 Å². The van der Waals surface area contributed by atoms with Crippen molar-refractivity contribution in [1.82, 2.24) is 9.88 Å². The smallest absolute Gasteiger partial charge is 0.311 e. The molecule has 0 bridgehead atoms. The number of phenols is 1. The lowest BCUT2D eigenvalue weighted by Gasteiger charge is -2.15. The van der Waals surface area contributed by atoms with Crippen LogP contribution in [-0.2, 0) is 6.54 Å². The van der Waals surface area contributed by atoms with Gasteiger partial charge in [-0.05, 0) is 18.2 Å². The van der Waals surface area contributed by atoms with Crippen LogP contribution in [0.15, 0.2) is 46.9 Å². The van der Waals surface area contributed by atoms with Gasteiger partial charge in [0.2, 0.25) is 11.6 Å². The zero-order valence-electron chi connectivity index (χ0n) is 12.7. The Bertz CT molecular complexity index is 901. The van der Waals surface area contributed by atoms with Crippen molar-refractivity contribution in [3.63, 3.8) is 0 Å². The number of nitro groups is 1. The summed E-state index contributed by atoms with van der Waals surface area (Å²) in [5.41, 5.74) is 0.608. The van der Waals surface area contributed by atoms with Crippen LogP contribution in [0.25, 0.3) is 11.1 Å². The summed E-state index contributed by atoms with van der Waals surface area (Å²) >= 11 is 0. The molecule has 0 spiro atoms. The fourth-order valence-corrected chi connectivity index (χ4v) is 2.32. The van der Waals surface area contributed by atoms with Gasteiger partial charge >= 0.3 is 5.69 Å². The highest BCUT2D eigenvalue weighted by molar-refractivity contribution is 5.97. The number of fused-ring (bicyclic) bond motifs is 1. The number of carbonyl (C=O) groups is 1. The fraction of sp³-hybridized carbons (Fsp3) is 0.125. The van der Waals surface area contributed by atoms with E-state index in [0.29, 0.717) is 17.0 Å². The number of aromatic hydroxyl groups is 1. The minimum absolute atomic E-state index is 0.0651. The largest absolute Gasteiger partial charge is 0.502 e. The van der Waals surface area contributed by atoms with Gasteiger partial charge in [-0.25, -0.2) is 4.98 Å². The predicted octanol–water partition coefficient (Wildman–Crippen LogP) is 2.71. The maximum atomic E-state index is 12.4. The molecule has 0 saturated heterocycles. The molecule has 3 rings (SSSR count). The SMILES string of the molecule is CN(Cc1nc2ccccc2o1)C(=O)c1cccc([N+](=O)[O-])c1O. The van der Waals surface area contributed by atoms with Gasteiger partial charge in [0.25, 0.3) is 5.91 Å². The van der Waals surface area contributed by atoms with Crippen molar-refractivity contribution in [3.8, 4) is 5.75 Å². The molecule has 0 aliphatic carbocycles. The zero-order valence-corrected chi connectivity index (χ0v) is 12.7. The molecule has 2 aromatic carbocycles. The van der Waals surface area contributed by atoms with Crippen LogP contribution >= 0.6 is 0 Å². The Morgan fingerprint density at radius 2 is 2.04 bits per heavy atom. The Morgan fingerprint density at radius 1 is 1.29 bits per heavy atom. The maximum absolute atomic E-state index is 12.4. The molecule has 0 unspecified atom stereocenters. The molecule has 1 amide bonds. The molecule has 0 radical (unpaired) electrons. The number of rotatable bonds is 4. The highest BCUT2D eigenvalue weighted by Crippen LogP contribution is 2.30. The molecular formula is C16H13N3O5. The summed E-state index contributed by atoms with van der Waals surface area (Å²) in [5.74, 6) is -0.896. The number of phenolic OH excluding ortho intramolecular Hbond substituents is 1. The third-order valence-electron chi connectivity index (χ3n) is 3.50. The number of nitrogens with zero attached hydrogens (tertiary/aromatic N) is 3. The van der Waals surface area contributed by atoms with Gasteiger partial charge in [-0.2, -0.15) is 0 Å². The molecule has 8 nitrogen and oxygen atoms in total. The van der Waals surface area contributed by atoms with Crippen molar-refractivity contribution in [2.45, 2.75) is 6.54 Å². The number of benzene rings is 2. The molecule has 3 aromatic rings. The van der Waals surface area contributed by atoms with E-state index >= 15 is 0 Å². The van der Waals surface area contributed by atoms with Crippen LogP contribution in [0.4, 0.5) is 5.69 Å². The van der Waals surface area contributed by atoms with E-state index in [-0.39, 0.29) is 12.1 Å². The summed E-state index contributed by atoms with van der Waals surface area (Å²) in [6.45, 7) is 0.0651. The van der Waals surface area contributed by atoms with Gasteiger partial charge < -0.3 is 14.4 Å². The topological polar surface area (TPSA) is 110 Å². The van der Waals surface area contributed by atoms with Crippen molar-refractivity contribution in [3.05, 3.63) is 64.0 Å². The molecule has 0 aliphatic heterocycles. The number of hydrogen-bond donors (Lipinski definition) is 1. The van der Waals surface area contributed by atoms with E-state index in [1.54, 1.807) is 12.1 Å². The van der Waals surface area contributed by atoms with Crippen molar-refractivity contribution >= 4 is 22.7 Å². The van der Waals surface area contributed by atoms with Gasteiger partial charge in [0.1, 0.15) is 5.52 Å². The van der Waals surface area contributed by atoms with E-state index in [4.69, 9.17) is 4.42 Å². The molecule has 0 atom stereocenters. The van der Waals surface area contributed by atoms with E-state index in [1.807, 2.05) is 12.1 Å². The van der Waals surface area contributed by atoms with Crippen LogP contribution in [0.5, 0.6) is 5.75 Å². The second-order valence-corrected chi connectivity index (χ2v) is 5.17.